The molecule has 3 N–H and O–H groups in total. The molecule has 0 saturated carbocycles. The van der Waals surface area contributed by atoms with E-state index in [9.17, 15) is 9.18 Å². The summed E-state index contributed by atoms with van der Waals surface area (Å²) < 4.78 is 12.6. The van der Waals surface area contributed by atoms with E-state index in [1.165, 1.54) is 30.3 Å². The van der Waals surface area contributed by atoms with Gasteiger partial charge in [-0.15, -0.1) is 0 Å². The van der Waals surface area contributed by atoms with Crippen molar-refractivity contribution in [1.29, 1.82) is 0 Å². The molecule has 1 heterocycles. The van der Waals surface area contributed by atoms with Crippen molar-refractivity contribution >= 4 is 29.0 Å². The zero-order valence-electron chi connectivity index (χ0n) is 9.15. The minimum atomic E-state index is -0.472. The molecule has 2 aromatic rings. The van der Waals surface area contributed by atoms with Crippen LogP contribution in [-0.2, 0) is 0 Å². The molecule has 1 amide bonds. The predicted molar refractivity (Wildman–Crippen MR) is 68.0 cm³/mol. The first kappa shape index (κ1) is 12.3. The fourth-order valence-electron chi connectivity index (χ4n) is 1.38. The Morgan fingerprint density at radius 2 is 2.11 bits per heavy atom. The molecule has 4 nitrogen and oxygen atoms in total. The fraction of sp³-hybridized carbons (Fsp3) is 0. The van der Waals surface area contributed by atoms with Crippen LogP contribution in [0.4, 0.5) is 15.9 Å². The van der Waals surface area contributed by atoms with Gasteiger partial charge in [0.05, 0.1) is 6.20 Å². The summed E-state index contributed by atoms with van der Waals surface area (Å²) in [6.45, 7) is 0. The molecule has 0 aliphatic heterocycles. The van der Waals surface area contributed by atoms with Crippen LogP contribution in [0.15, 0.2) is 36.5 Å². The second kappa shape index (κ2) is 5.01. The van der Waals surface area contributed by atoms with Gasteiger partial charge in [0.25, 0.3) is 5.91 Å². The van der Waals surface area contributed by atoms with Crippen LogP contribution in [0.2, 0.25) is 5.02 Å². The van der Waals surface area contributed by atoms with E-state index in [4.69, 9.17) is 17.3 Å². The molecule has 6 heteroatoms. The second-order valence-corrected chi connectivity index (χ2v) is 4.03. The van der Waals surface area contributed by atoms with Gasteiger partial charge in [-0.1, -0.05) is 11.6 Å². The van der Waals surface area contributed by atoms with Crippen LogP contribution in [0.5, 0.6) is 0 Å². The molecule has 92 valence electrons. The molecule has 2 rings (SSSR count). The number of carbonyl (C=O) groups excluding carboxylic acids is 1. The minimum absolute atomic E-state index is 0.250. The molecule has 1 aromatic heterocycles. The molecule has 0 fully saturated rings. The number of halogens is 2. The number of amides is 1. The number of pyridine rings is 1. The number of nitrogens with zero attached hydrogens (tertiary/aromatic N) is 1. The smallest absolute Gasteiger partial charge is 0.256 e. The summed E-state index contributed by atoms with van der Waals surface area (Å²) >= 11 is 5.79. The van der Waals surface area contributed by atoms with E-state index < -0.39 is 11.7 Å². The monoisotopic (exact) mass is 265 g/mol. The number of aromatic nitrogens is 1. The van der Waals surface area contributed by atoms with E-state index in [0.717, 1.165) is 6.20 Å². The van der Waals surface area contributed by atoms with Gasteiger partial charge in [-0.25, -0.2) is 9.37 Å². The number of hydrogen-bond acceptors (Lipinski definition) is 3. The average Bonchev–Trinajstić information content (AvgIpc) is 2.31. The lowest BCUT2D eigenvalue weighted by molar-refractivity contribution is 0.102. The van der Waals surface area contributed by atoms with Crippen LogP contribution in [0.3, 0.4) is 0 Å². The van der Waals surface area contributed by atoms with Gasteiger partial charge >= 0.3 is 0 Å². The Hall–Kier alpha value is -2.14. The van der Waals surface area contributed by atoms with Crippen LogP contribution in [-0.4, -0.2) is 10.9 Å². The highest BCUT2D eigenvalue weighted by Crippen LogP contribution is 2.17. The van der Waals surface area contributed by atoms with E-state index >= 15 is 0 Å². The summed E-state index contributed by atoms with van der Waals surface area (Å²) in [5.41, 5.74) is 6.28. The van der Waals surface area contributed by atoms with Crippen LogP contribution < -0.4 is 11.1 Å². The lowest BCUT2D eigenvalue weighted by Crippen LogP contribution is -2.13. The maximum atomic E-state index is 12.6. The Balaban J connectivity index is 2.19. The van der Waals surface area contributed by atoms with E-state index in [-0.39, 0.29) is 5.82 Å². The Morgan fingerprint density at radius 1 is 1.33 bits per heavy atom. The molecule has 0 bridgehead atoms. The number of carbonyl (C=O) groups is 1. The quantitative estimate of drug-likeness (QED) is 0.821. The SMILES string of the molecule is Nc1cc(Cl)cc(C(=O)Nc2ccc(F)cn2)c1. The highest BCUT2D eigenvalue weighted by atomic mass is 35.5. The van der Waals surface area contributed by atoms with Crippen LogP contribution in [0.1, 0.15) is 10.4 Å². The highest BCUT2D eigenvalue weighted by Gasteiger charge is 2.08. The van der Waals surface area contributed by atoms with Gasteiger partial charge in [-0.3, -0.25) is 4.79 Å². The molecule has 0 saturated heterocycles. The molecule has 0 spiro atoms. The molecule has 1 aromatic carbocycles. The highest BCUT2D eigenvalue weighted by molar-refractivity contribution is 6.31. The first-order chi connectivity index (χ1) is 8.54. The summed E-state index contributed by atoms with van der Waals surface area (Å²) in [4.78, 5) is 15.6. The van der Waals surface area contributed by atoms with E-state index in [0.29, 0.717) is 16.3 Å². The molecule has 0 atom stereocenters. The van der Waals surface area contributed by atoms with Crippen molar-refractivity contribution in [2.45, 2.75) is 0 Å². The number of rotatable bonds is 2. The fourth-order valence-corrected chi connectivity index (χ4v) is 1.63. The number of anilines is 2. The Kier molecular flexibility index (Phi) is 3.43. The minimum Gasteiger partial charge on any atom is -0.399 e. The lowest BCUT2D eigenvalue weighted by Gasteiger charge is -2.05. The zero-order valence-corrected chi connectivity index (χ0v) is 9.91. The molecule has 0 unspecified atom stereocenters. The third kappa shape index (κ3) is 2.95. The molecule has 0 radical (unpaired) electrons. The standard InChI is InChI=1S/C12H9ClFN3O/c13-8-3-7(4-10(15)5-8)12(18)17-11-2-1-9(14)6-16-11/h1-6H,15H2,(H,16,17,18). The van der Waals surface area contributed by atoms with Crippen LogP contribution in [0.25, 0.3) is 0 Å². The number of nitrogen functional groups attached to an aromatic ring is 1. The van der Waals surface area contributed by atoms with E-state index in [1.807, 2.05) is 0 Å². The number of nitrogens with two attached hydrogens (primary N) is 1. The second-order valence-electron chi connectivity index (χ2n) is 3.59. The maximum Gasteiger partial charge on any atom is 0.256 e. The third-order valence-corrected chi connectivity index (χ3v) is 2.37. The number of hydrogen-bond donors (Lipinski definition) is 2. The zero-order chi connectivity index (χ0) is 13.1. The Labute approximate surface area is 108 Å². The van der Waals surface area contributed by atoms with Crippen molar-refractivity contribution in [2.75, 3.05) is 11.1 Å². The van der Waals surface area contributed by atoms with Crippen LogP contribution in [0, 0.1) is 5.82 Å². The van der Waals surface area contributed by atoms with Gasteiger partial charge in [0.15, 0.2) is 0 Å². The summed E-state index contributed by atoms with van der Waals surface area (Å²) in [7, 11) is 0. The van der Waals surface area contributed by atoms with Gasteiger partial charge in [-0.2, -0.15) is 0 Å². The van der Waals surface area contributed by atoms with E-state index in [1.54, 1.807) is 0 Å². The number of nitrogens with one attached hydrogen (secondary N) is 1. The van der Waals surface area contributed by atoms with Crippen molar-refractivity contribution in [2.24, 2.45) is 0 Å². The molecular weight excluding hydrogens is 257 g/mol. The van der Waals surface area contributed by atoms with Crippen molar-refractivity contribution < 1.29 is 9.18 Å². The van der Waals surface area contributed by atoms with Gasteiger partial charge in [0.1, 0.15) is 11.6 Å². The van der Waals surface area contributed by atoms with Gasteiger partial charge in [0, 0.05) is 16.3 Å². The summed E-state index contributed by atoms with van der Waals surface area (Å²) in [5, 5.41) is 2.88. The summed E-state index contributed by atoms with van der Waals surface area (Å²) in [6.07, 6.45) is 1.02. The molecular formula is C12H9ClFN3O. The van der Waals surface area contributed by atoms with Crippen LogP contribution >= 0.6 is 11.6 Å². The average molecular weight is 266 g/mol. The van der Waals surface area contributed by atoms with E-state index in [2.05, 4.69) is 10.3 Å². The molecule has 0 aliphatic carbocycles. The lowest BCUT2D eigenvalue weighted by atomic mass is 10.2. The normalized spacial score (nSPS) is 10.1. The van der Waals surface area contributed by atoms with Crippen molar-refractivity contribution in [3.63, 3.8) is 0 Å². The topological polar surface area (TPSA) is 68.0 Å². The summed E-state index contributed by atoms with van der Waals surface area (Å²) in [5.74, 6) is -0.636. The van der Waals surface area contributed by atoms with Gasteiger partial charge < -0.3 is 11.1 Å². The molecule has 0 aliphatic rings. The molecule has 18 heavy (non-hydrogen) atoms. The number of benzene rings is 1. The Bertz CT molecular complexity index is 566. The maximum absolute atomic E-state index is 12.6. The van der Waals surface area contributed by atoms with Crippen molar-refractivity contribution in [3.8, 4) is 0 Å². The van der Waals surface area contributed by atoms with Crippen molar-refractivity contribution in [1.82, 2.24) is 4.98 Å². The summed E-state index contributed by atoms with van der Waals surface area (Å²) in [6, 6.07) is 7.08. The third-order valence-electron chi connectivity index (χ3n) is 2.15. The van der Waals surface area contributed by atoms with Gasteiger partial charge in [0.2, 0.25) is 0 Å². The first-order valence-electron chi connectivity index (χ1n) is 5.03. The Morgan fingerprint density at radius 3 is 2.72 bits per heavy atom. The first-order valence-corrected chi connectivity index (χ1v) is 5.41. The predicted octanol–water partition coefficient (Wildman–Crippen LogP) is 2.71. The van der Waals surface area contributed by atoms with Gasteiger partial charge in [-0.05, 0) is 30.3 Å². The van der Waals surface area contributed by atoms with Crippen molar-refractivity contribution in [3.05, 3.63) is 52.9 Å². The largest absolute Gasteiger partial charge is 0.399 e.